The number of aromatic nitrogens is 2. The Kier molecular flexibility index (Phi) is 4.77. The summed E-state index contributed by atoms with van der Waals surface area (Å²) in [5.74, 6) is -0.109. The van der Waals surface area contributed by atoms with Gasteiger partial charge in [-0.15, -0.1) is 6.58 Å². The highest BCUT2D eigenvalue weighted by atomic mass is 16.1. The van der Waals surface area contributed by atoms with Crippen LogP contribution in [-0.4, -0.2) is 22.6 Å². The minimum atomic E-state index is -0.109. The van der Waals surface area contributed by atoms with E-state index in [9.17, 15) is 4.79 Å². The quantitative estimate of drug-likeness (QED) is 0.714. The second kappa shape index (κ2) is 6.74. The molecule has 0 unspecified atom stereocenters. The van der Waals surface area contributed by atoms with E-state index in [2.05, 4.69) is 27.4 Å². The Balaban J connectivity index is 2.08. The Morgan fingerprint density at radius 3 is 2.81 bits per heavy atom. The molecule has 0 fully saturated rings. The molecule has 0 saturated heterocycles. The number of carbonyl (C=O) groups excluding carboxylic acids is 1. The van der Waals surface area contributed by atoms with Crippen molar-refractivity contribution in [3.63, 3.8) is 0 Å². The fourth-order valence-electron chi connectivity index (χ4n) is 2.12. The third-order valence-electron chi connectivity index (χ3n) is 3.31. The molecule has 0 spiro atoms. The minimum absolute atomic E-state index is 0.109. The van der Waals surface area contributed by atoms with E-state index in [0.717, 1.165) is 22.6 Å². The summed E-state index contributed by atoms with van der Waals surface area (Å²) in [5.41, 5.74) is 4.34. The molecular formula is C16H20N4O. The summed E-state index contributed by atoms with van der Waals surface area (Å²) in [6, 6.07) is 7.43. The number of hydrogen-bond acceptors (Lipinski definition) is 3. The monoisotopic (exact) mass is 284 g/mol. The maximum atomic E-state index is 12.3. The van der Waals surface area contributed by atoms with Gasteiger partial charge < -0.3 is 10.6 Å². The lowest BCUT2D eigenvalue weighted by Gasteiger charge is -2.11. The summed E-state index contributed by atoms with van der Waals surface area (Å²) >= 11 is 0. The fraction of sp³-hybridized carbons (Fsp3) is 0.250. The number of aryl methyl sites for hydroxylation is 2. The van der Waals surface area contributed by atoms with Crippen LogP contribution in [0.4, 0.5) is 5.69 Å². The van der Waals surface area contributed by atoms with Gasteiger partial charge in [0.15, 0.2) is 0 Å². The smallest absolute Gasteiger partial charge is 0.253 e. The van der Waals surface area contributed by atoms with E-state index in [4.69, 9.17) is 0 Å². The van der Waals surface area contributed by atoms with Gasteiger partial charge in [-0.05, 0) is 26.0 Å². The van der Waals surface area contributed by atoms with Crippen LogP contribution in [0, 0.1) is 13.8 Å². The van der Waals surface area contributed by atoms with Gasteiger partial charge in [-0.2, -0.15) is 5.10 Å². The van der Waals surface area contributed by atoms with Crippen molar-refractivity contribution in [2.45, 2.75) is 20.4 Å². The van der Waals surface area contributed by atoms with Crippen LogP contribution >= 0.6 is 0 Å². The predicted molar refractivity (Wildman–Crippen MR) is 84.4 cm³/mol. The summed E-state index contributed by atoms with van der Waals surface area (Å²) in [4.78, 5) is 12.3. The Hall–Kier alpha value is -2.56. The second-order valence-electron chi connectivity index (χ2n) is 4.81. The number of para-hydroxylation sites is 1. The highest BCUT2D eigenvalue weighted by Gasteiger charge is 2.12. The zero-order valence-corrected chi connectivity index (χ0v) is 12.4. The van der Waals surface area contributed by atoms with E-state index in [0.29, 0.717) is 18.7 Å². The number of amides is 1. The molecule has 5 nitrogen and oxygen atoms in total. The topological polar surface area (TPSA) is 69.8 Å². The first kappa shape index (κ1) is 14.8. The number of H-pyrrole nitrogens is 1. The average molecular weight is 284 g/mol. The molecule has 0 saturated carbocycles. The van der Waals surface area contributed by atoms with Crippen molar-refractivity contribution >= 4 is 11.6 Å². The van der Waals surface area contributed by atoms with Crippen molar-refractivity contribution in [3.05, 3.63) is 59.4 Å². The van der Waals surface area contributed by atoms with Gasteiger partial charge in [-0.3, -0.25) is 9.89 Å². The summed E-state index contributed by atoms with van der Waals surface area (Å²) in [6.07, 6.45) is 1.76. The molecule has 1 heterocycles. The first-order chi connectivity index (χ1) is 10.1. The van der Waals surface area contributed by atoms with Crippen LogP contribution in [0.2, 0.25) is 0 Å². The molecule has 1 amide bonds. The highest BCUT2D eigenvalue weighted by molar-refractivity contribution is 5.99. The van der Waals surface area contributed by atoms with Crippen molar-refractivity contribution in [1.29, 1.82) is 0 Å². The Labute approximate surface area is 124 Å². The summed E-state index contributed by atoms with van der Waals surface area (Å²) in [6.45, 7) is 8.61. The van der Waals surface area contributed by atoms with E-state index >= 15 is 0 Å². The second-order valence-corrected chi connectivity index (χ2v) is 4.81. The van der Waals surface area contributed by atoms with Crippen LogP contribution in [0.3, 0.4) is 0 Å². The molecule has 3 N–H and O–H groups in total. The van der Waals surface area contributed by atoms with Gasteiger partial charge in [0.2, 0.25) is 0 Å². The fourth-order valence-corrected chi connectivity index (χ4v) is 2.12. The number of anilines is 1. The molecule has 0 aliphatic rings. The SMILES string of the molecule is C=CCNc1ccccc1C(=O)NCc1c(C)n[nH]c1C. The number of nitrogens with one attached hydrogen (secondary N) is 3. The molecular weight excluding hydrogens is 264 g/mol. The van der Waals surface area contributed by atoms with Crippen LogP contribution < -0.4 is 10.6 Å². The molecule has 0 atom stereocenters. The van der Waals surface area contributed by atoms with Crippen LogP contribution in [0.25, 0.3) is 0 Å². The van der Waals surface area contributed by atoms with Crippen molar-refractivity contribution in [2.24, 2.45) is 0 Å². The summed E-state index contributed by atoms with van der Waals surface area (Å²) < 4.78 is 0. The van der Waals surface area contributed by atoms with Gasteiger partial charge in [-0.25, -0.2) is 0 Å². The van der Waals surface area contributed by atoms with Gasteiger partial charge in [0.05, 0.1) is 11.3 Å². The molecule has 5 heteroatoms. The largest absolute Gasteiger partial charge is 0.381 e. The molecule has 1 aromatic carbocycles. The number of hydrogen-bond donors (Lipinski definition) is 3. The maximum Gasteiger partial charge on any atom is 0.253 e. The Morgan fingerprint density at radius 2 is 2.14 bits per heavy atom. The molecule has 21 heavy (non-hydrogen) atoms. The third-order valence-corrected chi connectivity index (χ3v) is 3.31. The zero-order valence-electron chi connectivity index (χ0n) is 12.4. The van der Waals surface area contributed by atoms with Crippen molar-refractivity contribution in [2.75, 3.05) is 11.9 Å². The maximum absolute atomic E-state index is 12.3. The van der Waals surface area contributed by atoms with Crippen molar-refractivity contribution in [3.8, 4) is 0 Å². The van der Waals surface area contributed by atoms with Crippen molar-refractivity contribution < 1.29 is 4.79 Å². The van der Waals surface area contributed by atoms with E-state index in [1.165, 1.54) is 0 Å². The van der Waals surface area contributed by atoms with Gasteiger partial charge in [0, 0.05) is 30.0 Å². The molecule has 2 rings (SSSR count). The first-order valence-corrected chi connectivity index (χ1v) is 6.86. The number of carbonyl (C=O) groups is 1. The van der Waals surface area contributed by atoms with Gasteiger partial charge >= 0.3 is 0 Å². The molecule has 0 bridgehead atoms. The number of benzene rings is 1. The first-order valence-electron chi connectivity index (χ1n) is 6.86. The molecule has 110 valence electrons. The Morgan fingerprint density at radius 1 is 1.38 bits per heavy atom. The molecule has 0 aliphatic carbocycles. The lowest BCUT2D eigenvalue weighted by molar-refractivity contribution is 0.0951. The molecule has 0 aliphatic heterocycles. The van der Waals surface area contributed by atoms with Crippen molar-refractivity contribution in [1.82, 2.24) is 15.5 Å². The lowest BCUT2D eigenvalue weighted by Crippen LogP contribution is -2.24. The van der Waals surface area contributed by atoms with Gasteiger partial charge in [0.1, 0.15) is 0 Å². The molecule has 0 radical (unpaired) electrons. The van der Waals surface area contributed by atoms with Gasteiger partial charge in [-0.1, -0.05) is 18.2 Å². The van der Waals surface area contributed by atoms with Gasteiger partial charge in [0.25, 0.3) is 5.91 Å². The highest BCUT2D eigenvalue weighted by Crippen LogP contribution is 2.15. The summed E-state index contributed by atoms with van der Waals surface area (Å²) in [5, 5.41) is 13.1. The summed E-state index contributed by atoms with van der Waals surface area (Å²) in [7, 11) is 0. The third kappa shape index (κ3) is 3.51. The van der Waals surface area contributed by atoms with E-state index in [1.807, 2.05) is 32.0 Å². The number of nitrogens with zero attached hydrogens (tertiary/aromatic N) is 1. The Bertz CT molecular complexity index is 626. The van der Waals surface area contributed by atoms with Crippen LogP contribution in [0.5, 0.6) is 0 Å². The van der Waals surface area contributed by atoms with E-state index in [1.54, 1.807) is 12.1 Å². The average Bonchev–Trinajstić information content (AvgIpc) is 2.82. The standard InChI is InChI=1S/C16H20N4O/c1-4-9-17-15-8-6-5-7-13(15)16(21)18-10-14-11(2)19-20-12(14)3/h4-8,17H,1,9-10H2,2-3H3,(H,18,21)(H,19,20). The number of aromatic amines is 1. The van der Waals surface area contributed by atoms with E-state index in [-0.39, 0.29) is 5.91 Å². The minimum Gasteiger partial charge on any atom is -0.381 e. The van der Waals surface area contributed by atoms with E-state index < -0.39 is 0 Å². The molecule has 2 aromatic rings. The van der Waals surface area contributed by atoms with Crippen LogP contribution in [0.1, 0.15) is 27.3 Å². The predicted octanol–water partition coefficient (Wildman–Crippen LogP) is 2.55. The number of rotatable bonds is 6. The van der Waals surface area contributed by atoms with Crippen LogP contribution in [0.15, 0.2) is 36.9 Å². The van der Waals surface area contributed by atoms with Crippen LogP contribution in [-0.2, 0) is 6.54 Å². The lowest BCUT2D eigenvalue weighted by atomic mass is 10.1. The molecule has 1 aromatic heterocycles. The zero-order chi connectivity index (χ0) is 15.2. The normalized spacial score (nSPS) is 10.2.